The number of fused-ring (bicyclic) bond motifs is 2. The number of methoxy groups -OCH3 is 3. The summed E-state index contributed by atoms with van der Waals surface area (Å²) >= 11 is 0. The van der Waals surface area contributed by atoms with Crippen molar-refractivity contribution in [2.24, 2.45) is 0 Å². The zero-order chi connectivity index (χ0) is 46.1. The summed E-state index contributed by atoms with van der Waals surface area (Å²) in [6.45, 7) is 11.6. The van der Waals surface area contributed by atoms with Crippen LogP contribution in [0.5, 0.6) is 51.7 Å². The van der Waals surface area contributed by atoms with Crippen LogP contribution in [0, 0.1) is 27.7 Å². The highest BCUT2D eigenvalue weighted by atomic mass is 31.2. The fourth-order valence-electron chi connectivity index (χ4n) is 8.47. The van der Waals surface area contributed by atoms with Gasteiger partial charge in [0.1, 0.15) is 17.2 Å². The zero-order valence-electron chi connectivity index (χ0n) is 38.0. The second kappa shape index (κ2) is 18.1. The molecule has 2 aliphatic heterocycles. The molecule has 0 saturated carbocycles. The average Bonchev–Trinajstić information content (AvgIpc) is 3.92. The van der Waals surface area contributed by atoms with Gasteiger partial charge in [-0.05, 0) is 111 Å². The molecule has 7 aromatic carbocycles. The summed E-state index contributed by atoms with van der Waals surface area (Å²) in [6.07, 6.45) is 0. The van der Waals surface area contributed by atoms with Crippen LogP contribution in [0.3, 0.4) is 0 Å². The van der Waals surface area contributed by atoms with E-state index >= 15 is 4.57 Å². The maximum atomic E-state index is 15.6. The first-order chi connectivity index (χ1) is 31.2. The Morgan fingerprint density at radius 2 is 0.892 bits per heavy atom. The predicted molar refractivity (Wildman–Crippen MR) is 258 cm³/mol. The summed E-state index contributed by atoms with van der Waals surface area (Å²) in [5.74, 6) is 4.45. The van der Waals surface area contributed by atoms with Crippen molar-refractivity contribution in [2.45, 2.75) is 47.3 Å². The third-order valence-corrected chi connectivity index (χ3v) is 17.3. The molecule has 2 heterocycles. The lowest BCUT2D eigenvalue weighted by atomic mass is 10.1. The van der Waals surface area contributed by atoms with E-state index in [-0.39, 0.29) is 6.79 Å². The highest BCUT2D eigenvalue weighted by Crippen LogP contribution is 2.52. The van der Waals surface area contributed by atoms with Crippen molar-refractivity contribution >= 4 is 46.1 Å². The molecule has 334 valence electrons. The molecule has 0 saturated heterocycles. The first-order valence-electron chi connectivity index (χ1n) is 21.1. The van der Waals surface area contributed by atoms with E-state index in [2.05, 4.69) is 0 Å². The lowest BCUT2D eigenvalue weighted by molar-refractivity contribution is -0.0439. The molecular formula is C53H52O10P2. The first-order valence-corrected chi connectivity index (χ1v) is 24.5. The zero-order valence-corrected chi connectivity index (χ0v) is 39.8. The van der Waals surface area contributed by atoms with Crippen molar-refractivity contribution in [1.82, 2.24) is 0 Å². The van der Waals surface area contributed by atoms with Crippen LogP contribution >= 0.6 is 14.3 Å². The van der Waals surface area contributed by atoms with Gasteiger partial charge in [0, 0.05) is 45.7 Å². The second-order valence-corrected chi connectivity index (χ2v) is 21.8. The summed E-state index contributed by atoms with van der Waals surface area (Å²) in [4.78, 5) is 0. The number of aryl methyl sites for hydroxylation is 4. The highest BCUT2D eigenvalue weighted by Gasteiger charge is 2.39. The normalized spacial score (nSPS) is 13.4. The SMILES string of the molecule is COc1c(C)cc(P(=O)(c2cc(C)c(OC)c(C)c2)c2cc3c(c(Oc4ccccc4)c2)OCO3)cc1C.COc1cc(P(=O)(c2ccccc2)c2ccccc2)cc2c1OC(C)(C)O2. The molecular weight excluding hydrogens is 859 g/mol. The number of ether oxygens (including phenoxy) is 8. The molecule has 0 radical (unpaired) electrons. The molecule has 0 bridgehead atoms. The Balaban J connectivity index is 0.000000188. The van der Waals surface area contributed by atoms with Gasteiger partial charge in [0.2, 0.25) is 24.1 Å². The van der Waals surface area contributed by atoms with Crippen molar-refractivity contribution in [3.8, 4) is 51.7 Å². The average molecular weight is 911 g/mol. The molecule has 12 heteroatoms. The number of rotatable bonds is 11. The van der Waals surface area contributed by atoms with E-state index in [9.17, 15) is 4.57 Å². The van der Waals surface area contributed by atoms with Crippen LogP contribution in [0.2, 0.25) is 0 Å². The Kier molecular flexibility index (Phi) is 12.5. The van der Waals surface area contributed by atoms with E-state index in [1.54, 1.807) is 27.4 Å². The molecule has 9 rings (SSSR count). The third-order valence-electron chi connectivity index (χ3n) is 11.3. The van der Waals surface area contributed by atoms with E-state index in [1.807, 2.05) is 175 Å². The van der Waals surface area contributed by atoms with Gasteiger partial charge in [0.25, 0.3) is 0 Å². The predicted octanol–water partition coefficient (Wildman–Crippen LogP) is 9.94. The quantitative estimate of drug-likeness (QED) is 0.117. The summed E-state index contributed by atoms with van der Waals surface area (Å²) in [5, 5.41) is 4.15. The van der Waals surface area contributed by atoms with Crippen molar-refractivity contribution in [3.05, 3.63) is 162 Å². The highest BCUT2D eigenvalue weighted by molar-refractivity contribution is 7.85. The number of hydrogen-bond donors (Lipinski definition) is 0. The van der Waals surface area contributed by atoms with Crippen molar-refractivity contribution < 1.29 is 47.0 Å². The Hall–Kier alpha value is -6.60. The molecule has 0 spiro atoms. The van der Waals surface area contributed by atoms with E-state index in [1.165, 1.54) is 0 Å². The molecule has 65 heavy (non-hydrogen) atoms. The lowest BCUT2D eigenvalue weighted by Gasteiger charge is -2.24. The van der Waals surface area contributed by atoms with Gasteiger partial charge in [0.15, 0.2) is 37.3 Å². The topological polar surface area (TPSA) is 108 Å². The minimum atomic E-state index is -3.44. The molecule has 0 aliphatic carbocycles. The Labute approximate surface area is 380 Å². The molecule has 0 atom stereocenters. The van der Waals surface area contributed by atoms with Crippen LogP contribution in [-0.2, 0) is 9.13 Å². The summed E-state index contributed by atoms with van der Waals surface area (Å²) in [7, 11) is -1.67. The van der Waals surface area contributed by atoms with Gasteiger partial charge in [-0.3, -0.25) is 0 Å². The van der Waals surface area contributed by atoms with Gasteiger partial charge in [0.05, 0.1) is 21.3 Å². The number of benzene rings is 7. The smallest absolute Gasteiger partial charge is 0.246 e. The van der Waals surface area contributed by atoms with Crippen LogP contribution in [0.25, 0.3) is 0 Å². The minimum absolute atomic E-state index is 0.0652. The van der Waals surface area contributed by atoms with Crippen LogP contribution in [0.1, 0.15) is 36.1 Å². The van der Waals surface area contributed by atoms with Crippen LogP contribution in [0.4, 0.5) is 0 Å². The monoisotopic (exact) mass is 910 g/mol. The van der Waals surface area contributed by atoms with Crippen molar-refractivity contribution in [3.63, 3.8) is 0 Å². The molecule has 0 amide bonds. The van der Waals surface area contributed by atoms with E-state index < -0.39 is 20.1 Å². The molecule has 0 unspecified atom stereocenters. The molecule has 7 aromatic rings. The van der Waals surface area contributed by atoms with Crippen LogP contribution in [0.15, 0.2) is 140 Å². The van der Waals surface area contributed by atoms with Crippen molar-refractivity contribution in [1.29, 1.82) is 0 Å². The van der Waals surface area contributed by atoms with Crippen LogP contribution < -0.4 is 69.7 Å². The van der Waals surface area contributed by atoms with Gasteiger partial charge in [-0.1, -0.05) is 78.9 Å². The fourth-order valence-corrected chi connectivity index (χ4v) is 14.1. The molecule has 0 aromatic heterocycles. The number of hydrogen-bond acceptors (Lipinski definition) is 10. The Morgan fingerprint density at radius 3 is 1.37 bits per heavy atom. The molecule has 0 N–H and O–H groups in total. The van der Waals surface area contributed by atoms with Gasteiger partial charge < -0.3 is 47.0 Å². The third kappa shape index (κ3) is 8.57. The van der Waals surface area contributed by atoms with Gasteiger partial charge >= 0.3 is 0 Å². The summed E-state index contributed by atoms with van der Waals surface area (Å²) in [5.41, 5.74) is 3.63. The molecule has 2 aliphatic rings. The van der Waals surface area contributed by atoms with Gasteiger partial charge in [-0.25, -0.2) is 0 Å². The second-order valence-electron chi connectivity index (χ2n) is 16.3. The maximum Gasteiger partial charge on any atom is 0.246 e. The van der Waals surface area contributed by atoms with Gasteiger partial charge in [-0.2, -0.15) is 0 Å². The Morgan fingerprint density at radius 1 is 0.462 bits per heavy atom. The van der Waals surface area contributed by atoms with Crippen LogP contribution in [-0.4, -0.2) is 33.9 Å². The fraction of sp³-hybridized carbons (Fsp3) is 0.208. The molecule has 0 fully saturated rings. The van der Waals surface area contributed by atoms with E-state index in [0.29, 0.717) is 61.5 Å². The van der Waals surface area contributed by atoms with E-state index in [0.717, 1.165) is 44.4 Å². The van der Waals surface area contributed by atoms with Gasteiger partial charge in [-0.15, -0.1) is 0 Å². The van der Waals surface area contributed by atoms with Crippen molar-refractivity contribution in [2.75, 3.05) is 28.1 Å². The standard InChI is InChI=1S/C31H31O6P.C22H21O4P/c1-19-12-24(13-20(2)29(19)33-5)38(32,25-14-21(3)30(34-6)22(4)15-25)26-16-27-31(36-18-35-27)28(17-26)37-23-10-8-7-9-11-23;1-22(2)25-20-15-18(14-19(24-3)21(20)26-22)27(23,16-10-6-4-7-11-16)17-12-8-5-9-13-17/h7-17H,18H2,1-6H3;4-15H,1-3H3. The Bertz CT molecular complexity index is 2820. The maximum absolute atomic E-state index is 15.6. The number of para-hydroxylation sites is 1. The molecule has 10 nitrogen and oxygen atoms in total. The van der Waals surface area contributed by atoms with E-state index in [4.69, 9.17) is 37.9 Å². The first kappa shape index (κ1) is 45.0. The largest absolute Gasteiger partial charge is 0.496 e. The summed E-state index contributed by atoms with van der Waals surface area (Å²) in [6, 6.07) is 43.5. The minimum Gasteiger partial charge on any atom is -0.496 e. The summed E-state index contributed by atoms with van der Waals surface area (Å²) < 4.78 is 76.4. The lowest BCUT2D eigenvalue weighted by Crippen LogP contribution is -2.29.